The molecule has 0 radical (unpaired) electrons. The number of hydrazone groups is 1. The Hall–Kier alpha value is -3.12. The molecule has 0 bridgehead atoms. The summed E-state index contributed by atoms with van der Waals surface area (Å²) < 4.78 is 5.08. The van der Waals surface area contributed by atoms with Crippen molar-refractivity contribution in [3.8, 4) is 5.88 Å². The second-order valence-electron chi connectivity index (χ2n) is 5.80. The first-order valence-corrected chi connectivity index (χ1v) is 10.2. The number of thioether (sulfide) groups is 1. The molecule has 0 fully saturated rings. The molecule has 0 aliphatic heterocycles. The Kier molecular flexibility index (Phi) is 8.62. The number of methoxy groups -OCH3 is 1. The molecule has 0 saturated heterocycles. The van der Waals surface area contributed by atoms with Crippen LogP contribution in [0.3, 0.4) is 0 Å². The van der Waals surface area contributed by atoms with E-state index in [1.165, 1.54) is 11.8 Å². The van der Waals surface area contributed by atoms with Crippen molar-refractivity contribution < 1.29 is 9.53 Å². The highest BCUT2D eigenvalue weighted by atomic mass is 32.2. The third-order valence-corrected chi connectivity index (χ3v) is 4.97. The second kappa shape index (κ2) is 11.2. The summed E-state index contributed by atoms with van der Waals surface area (Å²) in [5.74, 6) is 0.536. The lowest BCUT2D eigenvalue weighted by molar-refractivity contribution is 0.0967. The van der Waals surface area contributed by atoms with E-state index in [4.69, 9.17) is 10.5 Å². The van der Waals surface area contributed by atoms with Crippen molar-refractivity contribution in [1.29, 1.82) is 0 Å². The number of ether oxygens (including phenoxy) is 1. The van der Waals surface area contributed by atoms with Gasteiger partial charge in [-0.05, 0) is 36.9 Å². The number of nitrogens with zero attached hydrogens (tertiary/aromatic N) is 6. The average Bonchev–Trinajstić information content (AvgIpc) is 2.69. The van der Waals surface area contributed by atoms with Crippen LogP contribution in [0.2, 0.25) is 0 Å². The van der Waals surface area contributed by atoms with Gasteiger partial charge in [-0.3, -0.25) is 4.79 Å². The number of nitrogens with one attached hydrogen (secondary N) is 1. The number of rotatable bonds is 7. The Morgan fingerprint density at radius 2 is 2.07 bits per heavy atom. The molecular formula is C18H22N8O2S2. The summed E-state index contributed by atoms with van der Waals surface area (Å²) in [6.45, 7) is 4.96. The molecule has 30 heavy (non-hydrogen) atoms. The minimum atomic E-state index is -0.401. The van der Waals surface area contributed by atoms with Crippen molar-refractivity contribution in [2.24, 2.45) is 21.0 Å². The number of pyridine rings is 2. The summed E-state index contributed by atoms with van der Waals surface area (Å²) in [5, 5.41) is 16.2. The van der Waals surface area contributed by atoms with Gasteiger partial charge in [0.2, 0.25) is 5.88 Å². The first kappa shape index (κ1) is 23.2. The van der Waals surface area contributed by atoms with E-state index in [1.54, 1.807) is 57.5 Å². The van der Waals surface area contributed by atoms with E-state index >= 15 is 0 Å². The van der Waals surface area contributed by atoms with Gasteiger partial charge in [0.05, 0.1) is 7.11 Å². The van der Waals surface area contributed by atoms with Crippen molar-refractivity contribution in [1.82, 2.24) is 20.3 Å². The molecule has 1 amide bonds. The Balaban J connectivity index is 2.37. The molecule has 0 spiro atoms. The number of nitrogens with two attached hydrogens (primary N) is 1. The Morgan fingerprint density at radius 3 is 2.67 bits per heavy atom. The van der Waals surface area contributed by atoms with Gasteiger partial charge in [0, 0.05) is 42.9 Å². The lowest BCUT2D eigenvalue weighted by Crippen LogP contribution is -2.31. The fourth-order valence-corrected chi connectivity index (χ4v) is 3.60. The van der Waals surface area contributed by atoms with Crippen LogP contribution in [0.4, 0.5) is 0 Å². The number of amidine groups is 2. The molecule has 2 heterocycles. The number of hydrogen-bond acceptors (Lipinski definition) is 10. The van der Waals surface area contributed by atoms with E-state index < -0.39 is 5.91 Å². The van der Waals surface area contributed by atoms with Gasteiger partial charge >= 0.3 is 0 Å². The fourth-order valence-electron chi connectivity index (χ4n) is 2.15. The lowest BCUT2D eigenvalue weighted by Gasteiger charge is -2.12. The molecule has 2 aromatic heterocycles. The molecule has 10 nitrogen and oxygen atoms in total. The van der Waals surface area contributed by atoms with Crippen LogP contribution in [0.15, 0.2) is 60.6 Å². The predicted molar refractivity (Wildman–Crippen MR) is 120 cm³/mol. The van der Waals surface area contributed by atoms with Gasteiger partial charge in [-0.1, -0.05) is 11.8 Å². The van der Waals surface area contributed by atoms with Crippen LogP contribution in [0.5, 0.6) is 5.88 Å². The molecule has 0 aliphatic rings. The monoisotopic (exact) mass is 446 g/mol. The Morgan fingerprint density at radius 1 is 1.30 bits per heavy atom. The molecule has 0 unspecified atom stereocenters. The van der Waals surface area contributed by atoms with Crippen LogP contribution in [0, 0.1) is 0 Å². The zero-order chi connectivity index (χ0) is 22.1. The van der Waals surface area contributed by atoms with Gasteiger partial charge in [-0.25, -0.2) is 9.97 Å². The lowest BCUT2D eigenvalue weighted by atomic mass is 10.3. The second-order valence-corrected chi connectivity index (χ2v) is 7.96. The zero-order valence-corrected chi connectivity index (χ0v) is 18.6. The normalized spacial score (nSPS) is 11.7. The van der Waals surface area contributed by atoms with E-state index in [0.29, 0.717) is 21.6 Å². The van der Waals surface area contributed by atoms with Gasteiger partial charge in [0.25, 0.3) is 5.91 Å². The molecule has 0 saturated carbocycles. The highest BCUT2D eigenvalue weighted by Gasteiger charge is 2.17. The highest BCUT2D eigenvalue weighted by molar-refractivity contribution is 8.13. The molecule has 158 valence electrons. The van der Waals surface area contributed by atoms with Crippen LogP contribution < -0.4 is 15.8 Å². The maximum atomic E-state index is 12.9. The summed E-state index contributed by atoms with van der Waals surface area (Å²) >= 11 is 2.43. The molecule has 2 aromatic rings. The van der Waals surface area contributed by atoms with Crippen molar-refractivity contribution in [2.75, 3.05) is 21.2 Å². The van der Waals surface area contributed by atoms with Crippen LogP contribution in [-0.4, -0.2) is 59.8 Å². The third-order valence-electron chi connectivity index (χ3n) is 3.22. The third kappa shape index (κ3) is 7.04. The Labute approximate surface area is 183 Å². The molecule has 0 atom stereocenters. The minimum absolute atomic E-state index is 0.161. The Bertz CT molecular complexity index is 961. The largest absolute Gasteiger partial charge is 0.481 e. The summed E-state index contributed by atoms with van der Waals surface area (Å²) in [5.41, 5.74) is 5.97. The number of aromatic nitrogens is 2. The predicted octanol–water partition coefficient (Wildman–Crippen LogP) is 2.28. The van der Waals surface area contributed by atoms with Crippen molar-refractivity contribution in [3.05, 3.63) is 36.2 Å². The van der Waals surface area contributed by atoms with Gasteiger partial charge < -0.3 is 20.8 Å². The number of carbonyl (C=O) groups excluding carboxylic acids is 1. The summed E-state index contributed by atoms with van der Waals surface area (Å²) in [4.78, 5) is 23.0. The topological polar surface area (TPSA) is 130 Å². The van der Waals surface area contributed by atoms with E-state index in [9.17, 15) is 4.79 Å². The first-order chi connectivity index (χ1) is 14.3. The highest BCUT2D eigenvalue weighted by Crippen LogP contribution is 2.31. The molecular weight excluding hydrogens is 424 g/mol. The van der Waals surface area contributed by atoms with Gasteiger partial charge in [0.15, 0.2) is 5.17 Å². The fraction of sp³-hybridized carbons (Fsp3) is 0.222. The first-order valence-electron chi connectivity index (χ1n) is 8.52. The average molecular weight is 447 g/mol. The van der Waals surface area contributed by atoms with E-state index in [-0.39, 0.29) is 10.9 Å². The van der Waals surface area contributed by atoms with Crippen LogP contribution in [0.1, 0.15) is 17.4 Å². The minimum Gasteiger partial charge on any atom is -0.481 e. The van der Waals surface area contributed by atoms with Crippen LogP contribution >= 0.6 is 23.5 Å². The summed E-state index contributed by atoms with van der Waals surface area (Å²) in [6.07, 6.45) is 1.66. The quantitative estimate of drug-likeness (QED) is 0.287. The van der Waals surface area contributed by atoms with Crippen molar-refractivity contribution in [3.63, 3.8) is 0 Å². The standard InChI is InChI=1S/C18H22N8O2S2/c1-11(25-26(3)4)22-17(27)16-13(29-12-6-8-14(28-5)21-10-12)7-9-15(23-16)30-18(19)24-20-2/h6-10H,2H2,1,3-5H3,(H2,19,24)(H,22,25,27). The van der Waals surface area contributed by atoms with Crippen molar-refractivity contribution >= 4 is 47.2 Å². The zero-order valence-electron chi connectivity index (χ0n) is 17.0. The molecule has 0 aromatic carbocycles. The molecule has 2 rings (SSSR count). The summed E-state index contributed by atoms with van der Waals surface area (Å²) in [6, 6.07) is 7.12. The van der Waals surface area contributed by atoms with Crippen LogP contribution in [0.25, 0.3) is 0 Å². The van der Waals surface area contributed by atoms with Gasteiger partial charge in [-0.2, -0.15) is 10.2 Å². The number of carbonyl (C=O) groups is 1. The SMILES string of the molecule is C=N/N=C(\N)Sc1ccc(Sc2ccc(OC)nc2)c(C(=O)N/C(C)=N/N(C)C)n1. The molecule has 12 heteroatoms. The molecule has 3 N–H and O–H groups in total. The van der Waals surface area contributed by atoms with E-state index in [2.05, 4.69) is 37.3 Å². The summed E-state index contributed by atoms with van der Waals surface area (Å²) in [7, 11) is 5.07. The van der Waals surface area contributed by atoms with Gasteiger partial charge in [-0.15, -0.1) is 5.10 Å². The number of amides is 1. The number of hydrogen-bond donors (Lipinski definition) is 2. The maximum Gasteiger partial charge on any atom is 0.276 e. The van der Waals surface area contributed by atoms with Crippen LogP contribution in [-0.2, 0) is 0 Å². The van der Waals surface area contributed by atoms with E-state index in [0.717, 1.165) is 16.7 Å². The smallest absolute Gasteiger partial charge is 0.276 e. The maximum absolute atomic E-state index is 12.9. The van der Waals surface area contributed by atoms with Gasteiger partial charge in [0.1, 0.15) is 16.6 Å². The van der Waals surface area contributed by atoms with E-state index in [1.807, 2.05) is 6.07 Å². The van der Waals surface area contributed by atoms with Crippen molar-refractivity contribution in [2.45, 2.75) is 21.7 Å². The molecule has 0 aliphatic carbocycles.